The van der Waals surface area contributed by atoms with Gasteiger partial charge in [0.15, 0.2) is 0 Å². The molecule has 0 saturated carbocycles. The zero-order valence-electron chi connectivity index (χ0n) is 13.6. The highest BCUT2D eigenvalue weighted by molar-refractivity contribution is 7.84. The lowest BCUT2D eigenvalue weighted by atomic mass is 10.2. The van der Waals surface area contributed by atoms with E-state index in [9.17, 15) is 18.2 Å². The molecule has 0 aliphatic carbocycles. The van der Waals surface area contributed by atoms with Crippen molar-refractivity contribution >= 4 is 34.0 Å². The van der Waals surface area contributed by atoms with Gasteiger partial charge in [0.2, 0.25) is 5.91 Å². The van der Waals surface area contributed by atoms with E-state index in [1.165, 1.54) is 23.1 Å². The van der Waals surface area contributed by atoms with E-state index in [1.807, 2.05) is 0 Å². The Hall–Kier alpha value is -2.54. The molecule has 0 aromatic heterocycles. The lowest BCUT2D eigenvalue weighted by molar-refractivity contribution is -0.117. The average Bonchev–Trinajstić information content (AvgIpc) is 3.02. The molecule has 2 aromatic carbocycles. The number of hydrogen-bond acceptors (Lipinski definition) is 3. The molecule has 0 bridgehead atoms. The first kappa shape index (κ1) is 17.3. The molecule has 0 spiro atoms. The molecule has 1 atom stereocenters. The number of nitrogens with zero attached hydrogens (tertiary/aromatic N) is 1. The Kier molecular flexibility index (Phi) is 4.94. The summed E-state index contributed by atoms with van der Waals surface area (Å²) in [6.07, 6.45) is 2.66. The van der Waals surface area contributed by atoms with Crippen LogP contribution in [0.25, 0.3) is 0 Å². The van der Waals surface area contributed by atoms with Gasteiger partial charge in [-0.25, -0.2) is 4.39 Å². The van der Waals surface area contributed by atoms with Gasteiger partial charge in [0.05, 0.1) is 5.69 Å². The van der Waals surface area contributed by atoms with Gasteiger partial charge in [0.25, 0.3) is 5.91 Å². The Balaban J connectivity index is 1.79. The minimum Gasteiger partial charge on any atom is -0.322 e. The molecule has 1 fully saturated rings. The summed E-state index contributed by atoms with van der Waals surface area (Å²) in [5.74, 6) is -0.979. The highest BCUT2D eigenvalue weighted by atomic mass is 32.2. The molecule has 1 aliphatic heterocycles. The van der Waals surface area contributed by atoms with Gasteiger partial charge in [-0.15, -0.1) is 0 Å². The van der Waals surface area contributed by atoms with Crippen molar-refractivity contribution in [2.24, 2.45) is 0 Å². The second-order valence-electron chi connectivity index (χ2n) is 5.75. The lowest BCUT2D eigenvalue weighted by Gasteiger charge is -2.17. The summed E-state index contributed by atoms with van der Waals surface area (Å²) in [5, 5.41) is 2.69. The van der Waals surface area contributed by atoms with Crippen molar-refractivity contribution in [2.45, 2.75) is 17.7 Å². The number of benzene rings is 2. The quantitative estimate of drug-likeness (QED) is 0.912. The van der Waals surface area contributed by atoms with Gasteiger partial charge in [-0.2, -0.15) is 0 Å². The maximum Gasteiger partial charge on any atom is 0.255 e. The minimum absolute atomic E-state index is 0.120. The van der Waals surface area contributed by atoms with Crippen molar-refractivity contribution in [1.82, 2.24) is 0 Å². The van der Waals surface area contributed by atoms with Crippen LogP contribution >= 0.6 is 0 Å². The molecule has 1 saturated heterocycles. The van der Waals surface area contributed by atoms with Crippen molar-refractivity contribution in [1.29, 1.82) is 0 Å². The monoisotopic (exact) mass is 360 g/mol. The van der Waals surface area contributed by atoms with Gasteiger partial charge in [-0.05, 0) is 48.9 Å². The standard InChI is InChI=1S/C18H17FN2O3S/c1-25(24)14-7-4-12(5-8-14)18(23)20-13-6-9-15(19)16(11-13)21-10-2-3-17(21)22/h4-9,11H,2-3,10H2,1H3,(H,20,23)/t25-/m1/s1. The van der Waals surface area contributed by atoms with Crippen LogP contribution in [-0.2, 0) is 15.6 Å². The number of nitrogens with one attached hydrogen (secondary N) is 1. The Bertz CT molecular complexity index is 852. The third kappa shape index (κ3) is 3.76. The lowest BCUT2D eigenvalue weighted by Crippen LogP contribution is -2.25. The van der Waals surface area contributed by atoms with Gasteiger partial charge in [0, 0.05) is 46.2 Å². The predicted molar refractivity (Wildman–Crippen MR) is 94.7 cm³/mol. The largest absolute Gasteiger partial charge is 0.322 e. The second-order valence-corrected chi connectivity index (χ2v) is 7.13. The van der Waals surface area contributed by atoms with Crippen molar-refractivity contribution < 1.29 is 18.2 Å². The number of carbonyl (C=O) groups excluding carboxylic acids is 2. The van der Waals surface area contributed by atoms with Crippen LogP contribution < -0.4 is 10.2 Å². The molecular formula is C18H17FN2O3S. The number of anilines is 2. The van der Waals surface area contributed by atoms with E-state index in [1.54, 1.807) is 30.5 Å². The normalized spacial score (nSPS) is 15.3. The van der Waals surface area contributed by atoms with Crippen molar-refractivity contribution in [3.8, 4) is 0 Å². The summed E-state index contributed by atoms with van der Waals surface area (Å²) in [7, 11) is -1.11. The molecular weight excluding hydrogens is 343 g/mol. The van der Waals surface area contributed by atoms with Crippen LogP contribution in [0.5, 0.6) is 0 Å². The summed E-state index contributed by atoms with van der Waals surface area (Å²) in [6, 6.07) is 10.6. The zero-order valence-corrected chi connectivity index (χ0v) is 14.4. The molecule has 2 aromatic rings. The first-order valence-electron chi connectivity index (χ1n) is 7.80. The number of hydrogen-bond donors (Lipinski definition) is 1. The molecule has 25 heavy (non-hydrogen) atoms. The van der Waals surface area contributed by atoms with Crippen LogP contribution in [0.3, 0.4) is 0 Å². The fourth-order valence-corrected chi connectivity index (χ4v) is 3.22. The smallest absolute Gasteiger partial charge is 0.255 e. The summed E-state index contributed by atoms with van der Waals surface area (Å²) < 4.78 is 25.4. The van der Waals surface area contributed by atoms with E-state index in [4.69, 9.17) is 0 Å². The molecule has 0 radical (unpaired) electrons. The van der Waals surface area contributed by atoms with Crippen molar-refractivity contribution in [3.05, 3.63) is 53.8 Å². The first-order chi connectivity index (χ1) is 12.0. The van der Waals surface area contributed by atoms with Gasteiger partial charge < -0.3 is 10.2 Å². The van der Waals surface area contributed by atoms with E-state index in [0.717, 1.165) is 0 Å². The average molecular weight is 360 g/mol. The van der Waals surface area contributed by atoms with Gasteiger partial charge >= 0.3 is 0 Å². The van der Waals surface area contributed by atoms with Crippen molar-refractivity contribution in [3.63, 3.8) is 0 Å². The van der Waals surface area contributed by atoms with E-state index in [2.05, 4.69) is 5.32 Å². The maximum absolute atomic E-state index is 14.0. The highest BCUT2D eigenvalue weighted by Crippen LogP contribution is 2.27. The topological polar surface area (TPSA) is 66.5 Å². The summed E-state index contributed by atoms with van der Waals surface area (Å²) in [5.41, 5.74) is 0.985. The SMILES string of the molecule is C[S@@](=O)c1ccc(C(=O)Nc2ccc(F)c(N3CCCC3=O)c2)cc1. The Morgan fingerprint density at radius 3 is 2.52 bits per heavy atom. The molecule has 1 heterocycles. The van der Waals surface area contributed by atoms with Crippen LogP contribution in [0.4, 0.5) is 15.8 Å². The molecule has 130 valence electrons. The Labute approximate surface area is 147 Å². The van der Waals surface area contributed by atoms with Crippen LogP contribution in [0.15, 0.2) is 47.4 Å². The van der Waals surface area contributed by atoms with E-state index in [0.29, 0.717) is 35.5 Å². The van der Waals surface area contributed by atoms with Crippen LogP contribution in [0, 0.1) is 5.82 Å². The summed E-state index contributed by atoms with van der Waals surface area (Å²) in [6.45, 7) is 0.475. The molecule has 7 heteroatoms. The van der Waals surface area contributed by atoms with E-state index < -0.39 is 16.6 Å². The molecule has 3 rings (SSSR count). The first-order valence-corrected chi connectivity index (χ1v) is 9.36. The van der Waals surface area contributed by atoms with Crippen LogP contribution in [0.2, 0.25) is 0 Å². The second kappa shape index (κ2) is 7.14. The van der Waals surface area contributed by atoms with Crippen LogP contribution in [-0.4, -0.2) is 28.8 Å². The Morgan fingerprint density at radius 1 is 1.20 bits per heavy atom. The number of carbonyl (C=O) groups is 2. The van der Waals surface area contributed by atoms with E-state index in [-0.39, 0.29) is 17.5 Å². The molecule has 1 N–H and O–H groups in total. The van der Waals surface area contributed by atoms with Gasteiger partial charge in [-0.1, -0.05) is 0 Å². The number of amides is 2. The van der Waals surface area contributed by atoms with E-state index >= 15 is 0 Å². The number of rotatable bonds is 4. The predicted octanol–water partition coefficient (Wildman–Crippen LogP) is 2.94. The number of halogens is 1. The summed E-state index contributed by atoms with van der Waals surface area (Å²) >= 11 is 0. The van der Waals surface area contributed by atoms with Crippen LogP contribution in [0.1, 0.15) is 23.2 Å². The molecule has 1 aliphatic rings. The van der Waals surface area contributed by atoms with Crippen molar-refractivity contribution in [2.75, 3.05) is 23.0 Å². The third-order valence-electron chi connectivity index (χ3n) is 4.02. The third-order valence-corrected chi connectivity index (χ3v) is 4.95. The maximum atomic E-state index is 14.0. The molecule has 5 nitrogen and oxygen atoms in total. The fraction of sp³-hybridized carbons (Fsp3) is 0.222. The molecule has 0 unspecified atom stereocenters. The van der Waals surface area contributed by atoms with Gasteiger partial charge in [-0.3, -0.25) is 13.8 Å². The minimum atomic E-state index is -1.11. The van der Waals surface area contributed by atoms with Gasteiger partial charge in [0.1, 0.15) is 5.82 Å². The highest BCUT2D eigenvalue weighted by Gasteiger charge is 2.24. The molecule has 2 amide bonds. The summed E-state index contributed by atoms with van der Waals surface area (Å²) in [4.78, 5) is 26.2. The zero-order chi connectivity index (χ0) is 18.0. The fourth-order valence-electron chi connectivity index (χ4n) is 2.70. The Morgan fingerprint density at radius 2 is 1.92 bits per heavy atom.